The van der Waals surface area contributed by atoms with E-state index >= 15 is 0 Å². The van der Waals surface area contributed by atoms with Crippen molar-refractivity contribution >= 4 is 29.1 Å². The molecule has 1 N–H and O–H groups in total. The Hall–Kier alpha value is -1.59. The minimum atomic E-state index is -0.283. The highest BCUT2D eigenvalue weighted by Gasteiger charge is 2.38. The van der Waals surface area contributed by atoms with Gasteiger partial charge in [0.25, 0.3) is 0 Å². The fraction of sp³-hybridized carbons (Fsp3) is 0.500. The summed E-state index contributed by atoms with van der Waals surface area (Å²) >= 11 is 6.17. The molecule has 6 heteroatoms. The van der Waals surface area contributed by atoms with E-state index in [1.54, 1.807) is 15.9 Å². The monoisotopic (exact) mass is 321 g/mol. The molecule has 0 bridgehead atoms. The zero-order chi connectivity index (χ0) is 15.7. The quantitative estimate of drug-likeness (QED) is 0.918. The minimum absolute atomic E-state index is 0.0376. The van der Waals surface area contributed by atoms with Gasteiger partial charge in [-0.2, -0.15) is 0 Å². The molecule has 2 atom stereocenters. The van der Waals surface area contributed by atoms with Gasteiger partial charge in [0.05, 0.1) is 16.6 Å². The Morgan fingerprint density at radius 1 is 1.41 bits per heavy atom. The van der Waals surface area contributed by atoms with E-state index < -0.39 is 0 Å². The molecule has 1 aromatic rings. The minimum Gasteiger partial charge on any atom is -0.341 e. The fourth-order valence-corrected chi connectivity index (χ4v) is 3.45. The SMILES string of the molecule is CN(C(=O)C1CC(=O)N(c2ccccc2Cl)C1)C1CCNC1. The van der Waals surface area contributed by atoms with E-state index in [9.17, 15) is 9.59 Å². The predicted octanol–water partition coefficient (Wildman–Crippen LogP) is 1.51. The molecule has 0 spiro atoms. The van der Waals surface area contributed by atoms with E-state index in [0.29, 0.717) is 17.3 Å². The topological polar surface area (TPSA) is 52.7 Å². The number of nitrogens with zero attached hydrogens (tertiary/aromatic N) is 2. The van der Waals surface area contributed by atoms with Crippen LogP contribution in [0.25, 0.3) is 0 Å². The van der Waals surface area contributed by atoms with Crippen LogP contribution >= 0.6 is 11.6 Å². The lowest BCUT2D eigenvalue weighted by Crippen LogP contribution is -2.42. The first kappa shape index (κ1) is 15.3. The molecule has 2 aliphatic heterocycles. The van der Waals surface area contributed by atoms with Gasteiger partial charge in [0.1, 0.15) is 0 Å². The molecule has 0 aromatic heterocycles. The molecule has 22 heavy (non-hydrogen) atoms. The Morgan fingerprint density at radius 3 is 2.86 bits per heavy atom. The van der Waals surface area contributed by atoms with E-state index in [2.05, 4.69) is 5.32 Å². The largest absolute Gasteiger partial charge is 0.341 e. The molecule has 3 rings (SSSR count). The number of hydrogen-bond donors (Lipinski definition) is 1. The van der Waals surface area contributed by atoms with Crippen molar-refractivity contribution in [2.45, 2.75) is 18.9 Å². The van der Waals surface area contributed by atoms with Crippen LogP contribution in [0.2, 0.25) is 5.02 Å². The summed E-state index contributed by atoms with van der Waals surface area (Å²) in [7, 11) is 1.84. The fourth-order valence-electron chi connectivity index (χ4n) is 3.21. The van der Waals surface area contributed by atoms with Gasteiger partial charge in [0, 0.05) is 32.6 Å². The van der Waals surface area contributed by atoms with E-state index in [-0.39, 0.29) is 30.2 Å². The highest BCUT2D eigenvalue weighted by Crippen LogP contribution is 2.31. The maximum absolute atomic E-state index is 12.6. The van der Waals surface area contributed by atoms with Gasteiger partial charge < -0.3 is 15.1 Å². The van der Waals surface area contributed by atoms with Crippen molar-refractivity contribution in [3.63, 3.8) is 0 Å². The number of carbonyl (C=O) groups excluding carboxylic acids is 2. The molecule has 0 saturated carbocycles. The molecule has 2 aliphatic rings. The smallest absolute Gasteiger partial charge is 0.228 e. The van der Waals surface area contributed by atoms with Gasteiger partial charge in [-0.05, 0) is 25.1 Å². The summed E-state index contributed by atoms with van der Waals surface area (Å²) in [4.78, 5) is 28.3. The number of likely N-dealkylation sites (N-methyl/N-ethyl adjacent to an activating group) is 1. The number of hydrogen-bond acceptors (Lipinski definition) is 3. The third-order valence-corrected chi connectivity index (χ3v) is 4.87. The normalized spacial score (nSPS) is 24.8. The molecule has 0 aliphatic carbocycles. The van der Waals surface area contributed by atoms with Crippen LogP contribution in [0.15, 0.2) is 24.3 Å². The van der Waals surface area contributed by atoms with Crippen molar-refractivity contribution in [1.82, 2.24) is 10.2 Å². The summed E-state index contributed by atoms with van der Waals surface area (Å²) in [6.45, 7) is 2.18. The van der Waals surface area contributed by atoms with E-state index in [4.69, 9.17) is 11.6 Å². The third kappa shape index (κ3) is 2.83. The molecular formula is C16H20ClN3O2. The van der Waals surface area contributed by atoms with Crippen LogP contribution in [0.4, 0.5) is 5.69 Å². The number of anilines is 1. The molecule has 1 aromatic carbocycles. The molecule has 0 radical (unpaired) electrons. The molecule has 118 valence electrons. The number of para-hydroxylation sites is 1. The van der Waals surface area contributed by atoms with Crippen LogP contribution in [0.3, 0.4) is 0 Å². The number of halogens is 1. The molecule has 2 saturated heterocycles. The highest BCUT2D eigenvalue weighted by molar-refractivity contribution is 6.33. The third-order valence-electron chi connectivity index (χ3n) is 4.55. The molecule has 5 nitrogen and oxygen atoms in total. The zero-order valence-corrected chi connectivity index (χ0v) is 13.3. The summed E-state index contributed by atoms with van der Waals surface area (Å²) < 4.78 is 0. The summed E-state index contributed by atoms with van der Waals surface area (Å²) in [6.07, 6.45) is 1.23. The average molecular weight is 322 g/mol. The first-order valence-corrected chi connectivity index (χ1v) is 7.98. The Kier molecular flexibility index (Phi) is 4.36. The van der Waals surface area contributed by atoms with Crippen molar-refractivity contribution in [2.24, 2.45) is 5.92 Å². The van der Waals surface area contributed by atoms with Gasteiger partial charge in [-0.25, -0.2) is 0 Å². The zero-order valence-electron chi connectivity index (χ0n) is 12.6. The second kappa shape index (κ2) is 6.26. The van der Waals surface area contributed by atoms with Crippen molar-refractivity contribution in [3.8, 4) is 0 Å². The van der Waals surface area contributed by atoms with Crippen molar-refractivity contribution in [3.05, 3.63) is 29.3 Å². The van der Waals surface area contributed by atoms with Crippen LogP contribution in [0.1, 0.15) is 12.8 Å². The van der Waals surface area contributed by atoms with Gasteiger partial charge in [-0.15, -0.1) is 0 Å². The molecule has 2 fully saturated rings. The van der Waals surface area contributed by atoms with Crippen molar-refractivity contribution < 1.29 is 9.59 Å². The maximum atomic E-state index is 12.6. The summed E-state index contributed by atoms with van der Waals surface area (Å²) in [5.74, 6) is -0.268. The number of rotatable bonds is 3. The Bertz CT molecular complexity index is 587. The lowest BCUT2D eigenvalue weighted by Gasteiger charge is -2.26. The van der Waals surface area contributed by atoms with Gasteiger partial charge in [-0.1, -0.05) is 23.7 Å². The Balaban J connectivity index is 1.71. The van der Waals surface area contributed by atoms with Gasteiger partial charge in [0.15, 0.2) is 0 Å². The number of carbonyl (C=O) groups is 2. The molecule has 2 unspecified atom stereocenters. The predicted molar refractivity (Wildman–Crippen MR) is 86.0 cm³/mol. The first-order valence-electron chi connectivity index (χ1n) is 7.60. The van der Waals surface area contributed by atoms with Crippen LogP contribution < -0.4 is 10.2 Å². The van der Waals surface area contributed by atoms with Gasteiger partial charge in [0.2, 0.25) is 11.8 Å². The van der Waals surface area contributed by atoms with Crippen molar-refractivity contribution in [2.75, 3.05) is 31.6 Å². The number of nitrogens with one attached hydrogen (secondary N) is 1. The first-order chi connectivity index (χ1) is 10.6. The second-order valence-electron chi connectivity index (χ2n) is 5.95. The van der Waals surface area contributed by atoms with Crippen LogP contribution in [0, 0.1) is 5.92 Å². The maximum Gasteiger partial charge on any atom is 0.228 e. The van der Waals surface area contributed by atoms with E-state index in [0.717, 1.165) is 19.5 Å². The lowest BCUT2D eigenvalue weighted by atomic mass is 10.1. The Morgan fingerprint density at radius 2 is 2.18 bits per heavy atom. The van der Waals surface area contributed by atoms with E-state index in [1.165, 1.54) is 0 Å². The summed E-state index contributed by atoms with van der Waals surface area (Å²) in [6, 6.07) is 7.49. The molecule has 2 heterocycles. The number of amides is 2. The summed E-state index contributed by atoms with van der Waals surface area (Å²) in [5.41, 5.74) is 0.689. The lowest BCUT2D eigenvalue weighted by molar-refractivity contribution is -0.136. The summed E-state index contributed by atoms with van der Waals surface area (Å²) in [5, 5.41) is 3.80. The highest BCUT2D eigenvalue weighted by atomic mass is 35.5. The van der Waals surface area contributed by atoms with Crippen LogP contribution in [0.5, 0.6) is 0 Å². The van der Waals surface area contributed by atoms with Crippen LogP contribution in [-0.4, -0.2) is 49.4 Å². The van der Waals surface area contributed by atoms with Crippen molar-refractivity contribution in [1.29, 1.82) is 0 Å². The van der Waals surface area contributed by atoms with Gasteiger partial charge in [-0.3, -0.25) is 9.59 Å². The molecule has 2 amide bonds. The average Bonchev–Trinajstić information content (AvgIpc) is 3.16. The standard InChI is InChI=1S/C16H20ClN3O2/c1-19(12-6-7-18-9-12)16(22)11-8-15(21)20(10-11)14-5-3-2-4-13(14)17/h2-5,11-12,18H,6-10H2,1H3. The molecular weight excluding hydrogens is 302 g/mol. The second-order valence-corrected chi connectivity index (χ2v) is 6.36. The Labute approximate surface area is 135 Å². The van der Waals surface area contributed by atoms with E-state index in [1.807, 2.05) is 25.2 Å². The number of benzene rings is 1. The van der Waals surface area contributed by atoms with Gasteiger partial charge >= 0.3 is 0 Å². The van der Waals surface area contributed by atoms with Crippen LogP contribution in [-0.2, 0) is 9.59 Å².